The van der Waals surface area contributed by atoms with Crippen molar-refractivity contribution >= 4 is 16.6 Å². The summed E-state index contributed by atoms with van der Waals surface area (Å²) < 4.78 is 5.30. The Labute approximate surface area is 111 Å². The van der Waals surface area contributed by atoms with Gasteiger partial charge in [0, 0.05) is 18.8 Å². The van der Waals surface area contributed by atoms with Gasteiger partial charge in [-0.1, -0.05) is 19.1 Å². The van der Waals surface area contributed by atoms with Gasteiger partial charge in [0.1, 0.15) is 5.52 Å². The summed E-state index contributed by atoms with van der Waals surface area (Å²) in [7, 11) is 0. The quantitative estimate of drug-likeness (QED) is 0.835. The number of ether oxygens (including phenoxy) is 1. The van der Waals surface area contributed by atoms with Gasteiger partial charge in [0.2, 0.25) is 0 Å². The molecule has 0 aliphatic carbocycles. The second kappa shape index (κ2) is 6.29. The first-order valence-electron chi connectivity index (χ1n) is 6.52. The van der Waals surface area contributed by atoms with Crippen molar-refractivity contribution in [3.05, 3.63) is 28.6 Å². The highest BCUT2D eigenvalue weighted by atomic mass is 16.5. The number of rotatable bonds is 1. The smallest absolute Gasteiger partial charge is 0.275 e. The Morgan fingerprint density at radius 2 is 2.00 bits per heavy atom. The van der Waals surface area contributed by atoms with Crippen molar-refractivity contribution in [2.75, 3.05) is 31.2 Å². The van der Waals surface area contributed by atoms with Crippen LogP contribution in [0.25, 0.3) is 10.9 Å². The maximum Gasteiger partial charge on any atom is 0.275 e. The molecule has 1 N–H and O–H groups in total. The summed E-state index contributed by atoms with van der Waals surface area (Å²) in [5.41, 5.74) is 1.47. The number of H-pyrrole nitrogens is 1. The lowest BCUT2D eigenvalue weighted by molar-refractivity contribution is 0.122. The molecular formula is C13H18N4O2. The monoisotopic (exact) mass is 262 g/mol. The number of hydrogen-bond donors (Lipinski definition) is 1. The van der Waals surface area contributed by atoms with Crippen molar-refractivity contribution in [3.63, 3.8) is 0 Å². The van der Waals surface area contributed by atoms with E-state index in [4.69, 9.17) is 4.74 Å². The first-order valence-corrected chi connectivity index (χ1v) is 6.52. The lowest BCUT2D eigenvalue weighted by atomic mass is 10.2. The average molecular weight is 262 g/mol. The predicted octanol–water partition coefficient (Wildman–Crippen LogP) is 1.18. The van der Waals surface area contributed by atoms with E-state index in [1.165, 1.54) is 0 Å². The molecule has 1 saturated heterocycles. The van der Waals surface area contributed by atoms with Crippen LogP contribution in [0.1, 0.15) is 13.8 Å². The van der Waals surface area contributed by atoms with Gasteiger partial charge in [-0.15, -0.1) is 5.10 Å². The van der Waals surface area contributed by atoms with Crippen molar-refractivity contribution in [2.24, 2.45) is 0 Å². The van der Waals surface area contributed by atoms with Gasteiger partial charge in [-0.25, -0.2) is 5.10 Å². The van der Waals surface area contributed by atoms with Gasteiger partial charge in [0.15, 0.2) is 0 Å². The van der Waals surface area contributed by atoms with Crippen LogP contribution in [0.3, 0.4) is 0 Å². The number of aromatic nitrogens is 3. The maximum atomic E-state index is 11.5. The Hall–Kier alpha value is -1.95. The van der Waals surface area contributed by atoms with Crippen LogP contribution in [-0.2, 0) is 4.74 Å². The summed E-state index contributed by atoms with van der Waals surface area (Å²) in [5.74, 6) is 0. The molecule has 1 aliphatic heterocycles. The van der Waals surface area contributed by atoms with E-state index in [-0.39, 0.29) is 5.56 Å². The molecule has 0 spiro atoms. The third-order valence-corrected chi connectivity index (χ3v) is 2.91. The van der Waals surface area contributed by atoms with E-state index < -0.39 is 0 Å². The fourth-order valence-electron chi connectivity index (χ4n) is 2.00. The van der Waals surface area contributed by atoms with Gasteiger partial charge in [-0.2, -0.15) is 0 Å². The van der Waals surface area contributed by atoms with Crippen molar-refractivity contribution < 1.29 is 4.74 Å². The van der Waals surface area contributed by atoms with Crippen molar-refractivity contribution in [1.29, 1.82) is 0 Å². The van der Waals surface area contributed by atoms with Crippen LogP contribution in [0.15, 0.2) is 23.0 Å². The van der Waals surface area contributed by atoms with Crippen LogP contribution in [-0.4, -0.2) is 41.7 Å². The third kappa shape index (κ3) is 2.90. The van der Waals surface area contributed by atoms with E-state index in [1.807, 2.05) is 26.0 Å². The highest BCUT2D eigenvalue weighted by Gasteiger charge is 2.12. The molecular weight excluding hydrogens is 244 g/mol. The Balaban J connectivity index is 0.000000637. The molecule has 0 atom stereocenters. The fraction of sp³-hybridized carbons (Fsp3) is 0.462. The summed E-state index contributed by atoms with van der Waals surface area (Å²) in [5, 5.41) is 10.4. The Bertz CT molecular complexity index is 590. The third-order valence-electron chi connectivity index (χ3n) is 2.91. The SMILES string of the molecule is CC.O=c1[nH]nnc2cc(N3CCOCC3)ccc12. The van der Waals surface area contributed by atoms with E-state index in [2.05, 4.69) is 20.3 Å². The average Bonchev–Trinajstić information content (AvgIpc) is 2.50. The zero-order chi connectivity index (χ0) is 13.7. The summed E-state index contributed by atoms with van der Waals surface area (Å²) in [6.45, 7) is 7.20. The predicted molar refractivity (Wildman–Crippen MR) is 74.5 cm³/mol. The molecule has 0 saturated carbocycles. The molecule has 1 aliphatic rings. The summed E-state index contributed by atoms with van der Waals surface area (Å²) in [6.07, 6.45) is 0. The van der Waals surface area contributed by atoms with Crippen LogP contribution >= 0.6 is 0 Å². The largest absolute Gasteiger partial charge is 0.378 e. The van der Waals surface area contributed by atoms with E-state index in [9.17, 15) is 4.79 Å². The number of aromatic amines is 1. The standard InChI is InChI=1S/C11H12N4O2.C2H6/c16-11-9-2-1-8(7-10(9)12-14-13-11)15-3-5-17-6-4-15;1-2/h1-2,7H,3-6H2,(H,12,13,16);1-2H3. The molecule has 1 aromatic heterocycles. The number of anilines is 1. The van der Waals surface area contributed by atoms with Gasteiger partial charge in [0.05, 0.1) is 18.6 Å². The Kier molecular flexibility index (Phi) is 4.46. The number of nitrogens with one attached hydrogen (secondary N) is 1. The molecule has 6 heteroatoms. The van der Waals surface area contributed by atoms with Gasteiger partial charge in [0.25, 0.3) is 5.56 Å². The minimum Gasteiger partial charge on any atom is -0.378 e. The van der Waals surface area contributed by atoms with Crippen LogP contribution < -0.4 is 10.5 Å². The molecule has 19 heavy (non-hydrogen) atoms. The topological polar surface area (TPSA) is 71.1 Å². The number of fused-ring (bicyclic) bond motifs is 1. The molecule has 2 heterocycles. The highest BCUT2D eigenvalue weighted by Crippen LogP contribution is 2.19. The fourth-order valence-corrected chi connectivity index (χ4v) is 2.00. The van der Waals surface area contributed by atoms with Crippen LogP contribution in [0, 0.1) is 0 Å². The summed E-state index contributed by atoms with van der Waals surface area (Å²) >= 11 is 0. The molecule has 0 bridgehead atoms. The summed E-state index contributed by atoms with van der Waals surface area (Å²) in [4.78, 5) is 13.7. The van der Waals surface area contributed by atoms with Crippen molar-refractivity contribution in [2.45, 2.75) is 13.8 Å². The normalized spacial score (nSPS) is 14.9. The van der Waals surface area contributed by atoms with Crippen LogP contribution in [0.4, 0.5) is 5.69 Å². The minimum absolute atomic E-state index is 0.205. The van der Waals surface area contributed by atoms with Gasteiger partial charge in [-0.3, -0.25) is 4.79 Å². The lowest BCUT2D eigenvalue weighted by Gasteiger charge is -2.28. The van der Waals surface area contributed by atoms with E-state index >= 15 is 0 Å². The lowest BCUT2D eigenvalue weighted by Crippen LogP contribution is -2.36. The number of benzene rings is 1. The van der Waals surface area contributed by atoms with Gasteiger partial charge < -0.3 is 9.64 Å². The van der Waals surface area contributed by atoms with Crippen molar-refractivity contribution in [3.8, 4) is 0 Å². The highest BCUT2D eigenvalue weighted by molar-refractivity contribution is 5.80. The first kappa shape index (κ1) is 13.5. The molecule has 102 valence electrons. The zero-order valence-electron chi connectivity index (χ0n) is 11.2. The molecule has 0 amide bonds. The van der Waals surface area contributed by atoms with E-state index in [0.29, 0.717) is 10.9 Å². The maximum absolute atomic E-state index is 11.5. The van der Waals surface area contributed by atoms with Crippen LogP contribution in [0.5, 0.6) is 0 Å². The van der Waals surface area contributed by atoms with E-state index in [1.54, 1.807) is 6.07 Å². The second-order valence-corrected chi connectivity index (χ2v) is 3.94. The van der Waals surface area contributed by atoms with Crippen molar-refractivity contribution in [1.82, 2.24) is 15.4 Å². The molecule has 1 aromatic carbocycles. The molecule has 1 fully saturated rings. The Morgan fingerprint density at radius 1 is 1.26 bits per heavy atom. The van der Waals surface area contributed by atoms with Crippen LogP contribution in [0.2, 0.25) is 0 Å². The Morgan fingerprint density at radius 3 is 2.74 bits per heavy atom. The zero-order valence-corrected chi connectivity index (χ0v) is 11.2. The molecule has 2 aromatic rings. The first-order chi connectivity index (χ1) is 9.34. The molecule has 6 nitrogen and oxygen atoms in total. The summed E-state index contributed by atoms with van der Waals surface area (Å²) in [6, 6.07) is 5.61. The molecule has 0 radical (unpaired) electrons. The minimum atomic E-state index is -0.205. The second-order valence-electron chi connectivity index (χ2n) is 3.94. The van der Waals surface area contributed by atoms with E-state index in [0.717, 1.165) is 32.0 Å². The van der Waals surface area contributed by atoms with Gasteiger partial charge in [-0.05, 0) is 18.2 Å². The number of hydrogen-bond acceptors (Lipinski definition) is 5. The molecule has 3 rings (SSSR count). The number of nitrogens with zero attached hydrogens (tertiary/aromatic N) is 3. The number of morpholine rings is 1. The van der Waals surface area contributed by atoms with Gasteiger partial charge >= 0.3 is 0 Å². The molecule has 0 unspecified atom stereocenters.